The molecule has 1 rings (SSSR count). The molecule has 0 N–H and O–H groups in total. The van der Waals surface area contributed by atoms with E-state index in [1.807, 2.05) is 14.1 Å². The van der Waals surface area contributed by atoms with Gasteiger partial charge in [-0.3, -0.25) is 9.69 Å². The number of hydrogen-bond acceptors (Lipinski definition) is 2. The smallest absolute Gasteiger partial charge is 0.162 e. The number of Topliss-reactive ketones (excluding diaryl/α,β-unsaturated/α-hetero) is 1. The Kier molecular flexibility index (Phi) is 3.52. The second kappa shape index (κ2) is 4.05. The Labute approximate surface area is 87.8 Å². The van der Waals surface area contributed by atoms with E-state index in [1.54, 1.807) is 0 Å². The zero-order chi connectivity index (χ0) is 9.19. The number of hydrogen-bond donors (Lipinski definition) is 0. The van der Waals surface area contributed by atoms with Crippen LogP contribution < -0.4 is 0 Å². The van der Waals surface area contributed by atoms with E-state index in [2.05, 4.69) is 27.5 Å². The Morgan fingerprint density at radius 2 is 1.92 bits per heavy atom. The Morgan fingerprint density at radius 1 is 1.42 bits per heavy atom. The molecular weight excluding hydrogens is 265 g/mol. The third-order valence-corrected chi connectivity index (χ3v) is 3.62. The van der Waals surface area contributed by atoms with Crippen molar-refractivity contribution in [2.24, 2.45) is 0 Å². The first kappa shape index (κ1) is 10.4. The fraction of sp³-hybridized carbons (Fsp3) is 0.889. The summed E-state index contributed by atoms with van der Waals surface area (Å²) >= 11 is 2.17. The Balaban J connectivity index is 2.78. The molecule has 0 heterocycles. The van der Waals surface area contributed by atoms with Crippen LogP contribution in [0, 0.1) is 0 Å². The Hall–Kier alpha value is 0.360. The molecule has 0 amide bonds. The van der Waals surface area contributed by atoms with E-state index < -0.39 is 0 Å². The van der Waals surface area contributed by atoms with Gasteiger partial charge in [0.25, 0.3) is 0 Å². The predicted octanol–water partition coefficient (Wildman–Crippen LogP) is 1.86. The number of rotatable bonds is 3. The molecule has 2 nitrogen and oxygen atoms in total. The molecule has 1 fully saturated rings. The molecule has 0 aliphatic heterocycles. The molecule has 70 valence electrons. The Bertz CT molecular complexity index is 173. The van der Waals surface area contributed by atoms with Crippen molar-refractivity contribution in [2.75, 3.05) is 18.5 Å². The van der Waals surface area contributed by atoms with Gasteiger partial charge in [-0.25, -0.2) is 0 Å². The molecule has 0 aromatic heterocycles. The fourth-order valence-electron chi connectivity index (χ4n) is 2.06. The largest absolute Gasteiger partial charge is 0.297 e. The monoisotopic (exact) mass is 281 g/mol. The molecule has 12 heavy (non-hydrogen) atoms. The average molecular weight is 281 g/mol. The van der Waals surface area contributed by atoms with Gasteiger partial charge < -0.3 is 0 Å². The van der Waals surface area contributed by atoms with Crippen LogP contribution in [0.5, 0.6) is 0 Å². The minimum atomic E-state index is -0.110. The quantitative estimate of drug-likeness (QED) is 0.581. The standard InChI is InChI=1S/C9H16INO/c1-11(2)9(8(12)7-10)5-3-4-6-9/h3-7H2,1-2H3. The van der Waals surface area contributed by atoms with Crippen molar-refractivity contribution in [3.05, 3.63) is 0 Å². The second-order valence-corrected chi connectivity index (χ2v) is 4.45. The highest BCUT2D eigenvalue weighted by molar-refractivity contribution is 14.1. The van der Waals surface area contributed by atoms with Gasteiger partial charge in [-0.05, 0) is 26.9 Å². The number of carbonyl (C=O) groups is 1. The first-order chi connectivity index (χ1) is 5.63. The van der Waals surface area contributed by atoms with Crippen LogP contribution in [0.25, 0.3) is 0 Å². The summed E-state index contributed by atoms with van der Waals surface area (Å²) in [6.45, 7) is 0. The van der Waals surface area contributed by atoms with Gasteiger partial charge in [0.2, 0.25) is 0 Å². The lowest BCUT2D eigenvalue weighted by molar-refractivity contribution is -0.126. The van der Waals surface area contributed by atoms with E-state index in [0.29, 0.717) is 10.2 Å². The van der Waals surface area contributed by atoms with Gasteiger partial charge in [0.1, 0.15) is 0 Å². The van der Waals surface area contributed by atoms with Crippen molar-refractivity contribution in [3.8, 4) is 0 Å². The van der Waals surface area contributed by atoms with Gasteiger partial charge in [-0.15, -0.1) is 0 Å². The summed E-state index contributed by atoms with van der Waals surface area (Å²) in [4.78, 5) is 13.8. The van der Waals surface area contributed by atoms with Crippen LogP contribution in [0.15, 0.2) is 0 Å². The molecule has 0 saturated heterocycles. The van der Waals surface area contributed by atoms with Crippen molar-refractivity contribution in [1.82, 2.24) is 4.90 Å². The summed E-state index contributed by atoms with van der Waals surface area (Å²) in [5.41, 5.74) is -0.110. The maximum atomic E-state index is 11.7. The molecule has 1 saturated carbocycles. The minimum Gasteiger partial charge on any atom is -0.297 e. The summed E-state index contributed by atoms with van der Waals surface area (Å²) in [6, 6.07) is 0. The summed E-state index contributed by atoms with van der Waals surface area (Å²) < 4.78 is 0.649. The molecule has 0 aromatic carbocycles. The zero-order valence-corrected chi connectivity index (χ0v) is 9.93. The maximum Gasteiger partial charge on any atom is 0.162 e. The maximum absolute atomic E-state index is 11.7. The lowest BCUT2D eigenvalue weighted by atomic mass is 9.92. The summed E-state index contributed by atoms with van der Waals surface area (Å²) in [5.74, 6) is 0.408. The number of halogens is 1. The molecule has 1 aliphatic carbocycles. The third-order valence-electron chi connectivity index (χ3n) is 2.93. The van der Waals surface area contributed by atoms with E-state index >= 15 is 0 Å². The van der Waals surface area contributed by atoms with Crippen LogP contribution in [0.1, 0.15) is 25.7 Å². The van der Waals surface area contributed by atoms with Crippen molar-refractivity contribution >= 4 is 28.4 Å². The predicted molar refractivity (Wildman–Crippen MR) is 58.8 cm³/mol. The molecule has 1 aliphatic rings. The number of ketones is 1. The highest BCUT2D eigenvalue weighted by Crippen LogP contribution is 2.34. The molecule has 0 aromatic rings. The fourth-order valence-corrected chi connectivity index (χ4v) is 2.77. The average Bonchev–Trinajstić information content (AvgIpc) is 2.52. The highest BCUT2D eigenvalue weighted by Gasteiger charge is 2.41. The van der Waals surface area contributed by atoms with Crippen LogP contribution in [-0.4, -0.2) is 34.7 Å². The normalized spacial score (nSPS) is 21.7. The molecule has 0 spiro atoms. The van der Waals surface area contributed by atoms with Crippen molar-refractivity contribution in [1.29, 1.82) is 0 Å². The molecule has 0 bridgehead atoms. The molecule has 3 heteroatoms. The summed E-state index contributed by atoms with van der Waals surface area (Å²) in [7, 11) is 4.05. The van der Waals surface area contributed by atoms with Crippen LogP contribution in [0.4, 0.5) is 0 Å². The van der Waals surface area contributed by atoms with Gasteiger partial charge in [-0.1, -0.05) is 35.4 Å². The first-order valence-electron chi connectivity index (χ1n) is 4.40. The Morgan fingerprint density at radius 3 is 2.25 bits per heavy atom. The lowest BCUT2D eigenvalue weighted by Crippen LogP contribution is -2.49. The second-order valence-electron chi connectivity index (χ2n) is 3.69. The summed E-state index contributed by atoms with van der Waals surface area (Å²) in [6.07, 6.45) is 4.53. The van der Waals surface area contributed by atoms with Crippen molar-refractivity contribution in [2.45, 2.75) is 31.2 Å². The van der Waals surface area contributed by atoms with Crippen LogP contribution >= 0.6 is 22.6 Å². The minimum absolute atomic E-state index is 0.110. The first-order valence-corrected chi connectivity index (χ1v) is 5.93. The lowest BCUT2D eigenvalue weighted by Gasteiger charge is -2.34. The highest BCUT2D eigenvalue weighted by atomic mass is 127. The van der Waals surface area contributed by atoms with E-state index in [0.717, 1.165) is 12.8 Å². The van der Waals surface area contributed by atoms with E-state index in [9.17, 15) is 4.79 Å². The number of alkyl halides is 1. The SMILES string of the molecule is CN(C)C1(C(=O)CI)CCCC1. The molecule has 0 unspecified atom stereocenters. The van der Waals surface area contributed by atoms with Gasteiger partial charge in [0, 0.05) is 0 Å². The topological polar surface area (TPSA) is 20.3 Å². The van der Waals surface area contributed by atoms with Gasteiger partial charge in [-0.2, -0.15) is 0 Å². The number of likely N-dealkylation sites (N-methyl/N-ethyl adjacent to an activating group) is 1. The van der Waals surface area contributed by atoms with E-state index in [-0.39, 0.29) is 5.54 Å². The summed E-state index contributed by atoms with van der Waals surface area (Å²) in [5, 5.41) is 0. The van der Waals surface area contributed by atoms with Crippen molar-refractivity contribution < 1.29 is 4.79 Å². The van der Waals surface area contributed by atoms with E-state index in [1.165, 1.54) is 12.8 Å². The van der Waals surface area contributed by atoms with Gasteiger partial charge in [0.15, 0.2) is 5.78 Å². The van der Waals surface area contributed by atoms with Crippen LogP contribution in [0.3, 0.4) is 0 Å². The van der Waals surface area contributed by atoms with Gasteiger partial charge >= 0.3 is 0 Å². The zero-order valence-electron chi connectivity index (χ0n) is 7.77. The number of nitrogens with zero attached hydrogens (tertiary/aromatic N) is 1. The van der Waals surface area contributed by atoms with Crippen molar-refractivity contribution in [3.63, 3.8) is 0 Å². The molecular formula is C9H16INO. The molecule has 0 radical (unpaired) electrons. The van der Waals surface area contributed by atoms with Crippen LogP contribution in [0.2, 0.25) is 0 Å². The third kappa shape index (κ3) is 1.66. The number of carbonyl (C=O) groups excluding carboxylic acids is 1. The van der Waals surface area contributed by atoms with E-state index in [4.69, 9.17) is 0 Å². The van der Waals surface area contributed by atoms with Gasteiger partial charge in [0.05, 0.1) is 9.97 Å². The van der Waals surface area contributed by atoms with Crippen LogP contribution in [-0.2, 0) is 4.79 Å². The molecule has 0 atom stereocenters.